The average molecular weight is 413 g/mol. The largest absolute Gasteiger partial charge is 0.436 e. The predicted octanol–water partition coefficient (Wildman–Crippen LogP) is 6.21. The summed E-state index contributed by atoms with van der Waals surface area (Å²) in [5.41, 5.74) is 0. The number of nitrogens with zero attached hydrogens (tertiary/aromatic N) is 1. The fourth-order valence-electron chi connectivity index (χ4n) is 1.87. The fourth-order valence-corrected chi connectivity index (χ4v) is 3.12. The van der Waals surface area contributed by atoms with Crippen molar-refractivity contribution in [1.29, 1.82) is 0 Å². The third-order valence-electron chi connectivity index (χ3n) is 2.81. The summed E-state index contributed by atoms with van der Waals surface area (Å²) in [4.78, 5) is 4.17. The maximum Gasteiger partial charge on any atom is 0.238 e. The van der Waals surface area contributed by atoms with Crippen molar-refractivity contribution in [2.75, 3.05) is 0 Å². The van der Waals surface area contributed by atoms with Crippen molar-refractivity contribution in [3.05, 3.63) is 62.6 Å². The van der Waals surface area contributed by atoms with Crippen LogP contribution in [0.15, 0.2) is 57.6 Å². The maximum atomic E-state index is 6.12. The van der Waals surface area contributed by atoms with Crippen molar-refractivity contribution in [2.45, 2.75) is 0 Å². The lowest BCUT2D eigenvalue weighted by molar-refractivity contribution is 0.461. The standard InChI is InChI=1S/C15H8Br2ClNO/c16-10-7-12(18)15(19-8-10)20-13-6-5-9-3-1-2-4-11(9)14(13)17/h1-8H. The molecule has 2 nitrogen and oxygen atoms in total. The van der Waals surface area contributed by atoms with Gasteiger partial charge in [-0.1, -0.05) is 41.9 Å². The van der Waals surface area contributed by atoms with Crippen LogP contribution in [0.5, 0.6) is 11.6 Å². The Kier molecular flexibility index (Phi) is 3.96. The van der Waals surface area contributed by atoms with Crippen molar-refractivity contribution in [2.24, 2.45) is 0 Å². The molecule has 5 heteroatoms. The van der Waals surface area contributed by atoms with E-state index in [-0.39, 0.29) is 0 Å². The number of pyridine rings is 1. The number of aromatic nitrogens is 1. The topological polar surface area (TPSA) is 22.1 Å². The van der Waals surface area contributed by atoms with Gasteiger partial charge in [-0.25, -0.2) is 4.98 Å². The Morgan fingerprint density at radius 2 is 1.85 bits per heavy atom. The predicted molar refractivity (Wildman–Crippen MR) is 88.7 cm³/mol. The summed E-state index contributed by atoms with van der Waals surface area (Å²) in [5.74, 6) is 1.06. The summed E-state index contributed by atoms with van der Waals surface area (Å²) in [6, 6.07) is 13.7. The normalized spacial score (nSPS) is 10.8. The molecule has 0 saturated heterocycles. The SMILES string of the molecule is Clc1cc(Br)cnc1Oc1ccc2ccccc2c1Br. The van der Waals surface area contributed by atoms with Gasteiger partial charge in [0.15, 0.2) is 0 Å². The van der Waals surface area contributed by atoms with Gasteiger partial charge in [-0.15, -0.1) is 0 Å². The third-order valence-corrected chi connectivity index (χ3v) is 4.33. The molecule has 0 aliphatic rings. The third kappa shape index (κ3) is 2.68. The molecule has 1 aromatic heterocycles. The molecule has 1 heterocycles. The summed E-state index contributed by atoms with van der Waals surface area (Å²) in [7, 11) is 0. The minimum absolute atomic E-state index is 0.380. The molecule has 20 heavy (non-hydrogen) atoms. The highest BCUT2D eigenvalue weighted by Crippen LogP contribution is 2.37. The number of benzene rings is 2. The molecule has 2 aromatic carbocycles. The lowest BCUT2D eigenvalue weighted by atomic mass is 10.1. The fraction of sp³-hybridized carbons (Fsp3) is 0. The van der Waals surface area contributed by atoms with E-state index >= 15 is 0 Å². The molecule has 0 bridgehead atoms. The Morgan fingerprint density at radius 3 is 2.65 bits per heavy atom. The van der Waals surface area contributed by atoms with Crippen LogP contribution < -0.4 is 4.74 Å². The molecule has 0 amide bonds. The molecule has 0 saturated carbocycles. The molecular formula is C15H8Br2ClNO. The molecule has 0 fully saturated rings. The zero-order valence-corrected chi connectivity index (χ0v) is 14.0. The molecule has 3 aromatic rings. The number of halogens is 3. The first-order valence-corrected chi connectivity index (χ1v) is 7.78. The summed E-state index contributed by atoms with van der Waals surface area (Å²) in [6.07, 6.45) is 1.65. The Labute approximate surface area is 138 Å². The number of hydrogen-bond acceptors (Lipinski definition) is 2. The molecule has 0 atom stereocenters. The van der Waals surface area contributed by atoms with E-state index in [1.54, 1.807) is 12.3 Å². The summed E-state index contributed by atoms with van der Waals surface area (Å²) in [6.45, 7) is 0. The maximum absolute atomic E-state index is 6.12. The van der Waals surface area contributed by atoms with E-state index < -0.39 is 0 Å². The molecule has 0 unspecified atom stereocenters. The molecule has 3 rings (SSSR count). The van der Waals surface area contributed by atoms with Gasteiger partial charge >= 0.3 is 0 Å². The van der Waals surface area contributed by atoms with E-state index in [0.29, 0.717) is 16.7 Å². The van der Waals surface area contributed by atoms with Gasteiger partial charge in [0, 0.05) is 10.7 Å². The van der Waals surface area contributed by atoms with Gasteiger partial charge in [0.25, 0.3) is 0 Å². The quantitative estimate of drug-likeness (QED) is 0.499. The first kappa shape index (κ1) is 13.9. The van der Waals surface area contributed by atoms with Gasteiger partial charge in [-0.05, 0) is 54.8 Å². The van der Waals surface area contributed by atoms with Crippen LogP contribution in [0.1, 0.15) is 0 Å². The molecule has 0 aliphatic heterocycles. The first-order chi connectivity index (χ1) is 9.65. The molecule has 0 spiro atoms. The van der Waals surface area contributed by atoms with E-state index in [1.807, 2.05) is 30.3 Å². The number of ether oxygens (including phenoxy) is 1. The zero-order chi connectivity index (χ0) is 14.1. The lowest BCUT2D eigenvalue weighted by Gasteiger charge is -2.10. The Balaban J connectivity index is 2.04. The molecule has 100 valence electrons. The molecule has 0 N–H and O–H groups in total. The van der Waals surface area contributed by atoms with Gasteiger partial charge in [-0.2, -0.15) is 0 Å². The number of hydrogen-bond donors (Lipinski definition) is 0. The smallest absolute Gasteiger partial charge is 0.238 e. The van der Waals surface area contributed by atoms with Gasteiger partial charge in [0.1, 0.15) is 10.8 Å². The monoisotopic (exact) mass is 411 g/mol. The van der Waals surface area contributed by atoms with Gasteiger partial charge in [0.2, 0.25) is 5.88 Å². The Bertz CT molecular complexity index is 792. The van der Waals surface area contributed by atoms with E-state index in [4.69, 9.17) is 16.3 Å². The van der Waals surface area contributed by atoms with Crippen molar-refractivity contribution in [3.63, 3.8) is 0 Å². The highest BCUT2D eigenvalue weighted by Gasteiger charge is 2.10. The summed E-state index contributed by atoms with van der Waals surface area (Å²) in [5, 5.41) is 2.68. The van der Waals surface area contributed by atoms with Crippen LogP contribution >= 0.6 is 43.5 Å². The lowest BCUT2D eigenvalue weighted by Crippen LogP contribution is -1.90. The van der Waals surface area contributed by atoms with Crippen molar-refractivity contribution < 1.29 is 4.74 Å². The second-order valence-electron chi connectivity index (χ2n) is 4.14. The second kappa shape index (κ2) is 5.72. The average Bonchev–Trinajstić information content (AvgIpc) is 2.45. The van der Waals surface area contributed by atoms with E-state index in [2.05, 4.69) is 42.9 Å². The van der Waals surface area contributed by atoms with Crippen LogP contribution in [-0.2, 0) is 0 Å². The summed E-state index contributed by atoms with van der Waals surface area (Å²) < 4.78 is 7.49. The Morgan fingerprint density at radius 1 is 1.05 bits per heavy atom. The van der Waals surface area contributed by atoms with E-state index in [9.17, 15) is 0 Å². The van der Waals surface area contributed by atoms with Crippen molar-refractivity contribution in [3.8, 4) is 11.6 Å². The Hall–Kier alpha value is -1.10. The van der Waals surface area contributed by atoms with Crippen LogP contribution in [0.25, 0.3) is 10.8 Å². The minimum Gasteiger partial charge on any atom is -0.436 e. The first-order valence-electron chi connectivity index (χ1n) is 5.81. The van der Waals surface area contributed by atoms with Crippen molar-refractivity contribution in [1.82, 2.24) is 4.98 Å². The molecular weight excluding hydrogens is 405 g/mol. The molecule has 0 radical (unpaired) electrons. The number of rotatable bonds is 2. The van der Waals surface area contributed by atoms with Crippen LogP contribution in [0.2, 0.25) is 5.02 Å². The number of fused-ring (bicyclic) bond motifs is 1. The highest BCUT2D eigenvalue weighted by molar-refractivity contribution is 9.11. The minimum atomic E-state index is 0.380. The highest BCUT2D eigenvalue weighted by atomic mass is 79.9. The van der Waals surface area contributed by atoms with E-state index in [1.165, 1.54) is 0 Å². The van der Waals surface area contributed by atoms with Crippen LogP contribution in [-0.4, -0.2) is 4.98 Å². The van der Waals surface area contributed by atoms with Gasteiger partial charge in [0.05, 0.1) is 4.47 Å². The zero-order valence-electron chi connectivity index (χ0n) is 10.1. The van der Waals surface area contributed by atoms with Crippen LogP contribution in [0, 0.1) is 0 Å². The molecule has 0 aliphatic carbocycles. The van der Waals surface area contributed by atoms with Gasteiger partial charge < -0.3 is 4.74 Å². The summed E-state index contributed by atoms with van der Waals surface area (Å²) >= 11 is 13.0. The van der Waals surface area contributed by atoms with Gasteiger partial charge in [-0.3, -0.25) is 0 Å². The van der Waals surface area contributed by atoms with E-state index in [0.717, 1.165) is 19.7 Å². The van der Waals surface area contributed by atoms with Crippen LogP contribution in [0.4, 0.5) is 0 Å². The van der Waals surface area contributed by atoms with Crippen LogP contribution in [0.3, 0.4) is 0 Å². The van der Waals surface area contributed by atoms with Crippen molar-refractivity contribution >= 4 is 54.2 Å². The second-order valence-corrected chi connectivity index (χ2v) is 6.26.